The number of carbonyl (C=O) groups excluding carboxylic acids is 2. The molecular weight excluding hydrogens is 424 g/mol. The van der Waals surface area contributed by atoms with Gasteiger partial charge in [0.15, 0.2) is 0 Å². The van der Waals surface area contributed by atoms with Crippen LogP contribution in [0, 0.1) is 6.92 Å². The Morgan fingerprint density at radius 1 is 1.24 bits per heavy atom. The summed E-state index contributed by atoms with van der Waals surface area (Å²) in [6, 6.07) is 7.96. The van der Waals surface area contributed by atoms with Crippen LogP contribution in [0.3, 0.4) is 0 Å². The molecule has 33 heavy (non-hydrogen) atoms. The van der Waals surface area contributed by atoms with E-state index in [9.17, 15) is 14.7 Å². The highest BCUT2D eigenvalue weighted by molar-refractivity contribution is 6.46. The van der Waals surface area contributed by atoms with Gasteiger partial charge < -0.3 is 28.8 Å². The standard InChI is InChI=1S/C25H30N2O6/c1-15(2)31-12-5-10-27-22(20-8-6-16(3)33-20)21(24(29)25(27)30)23(28)17-7-9-19-18(14-17)26(4)11-13-32-19/h6-9,14-15,22,28H,5,10-13H2,1-4H3/b23-21-. The Balaban J connectivity index is 1.73. The Bertz CT molecular complexity index is 1090. The number of hydrogen-bond acceptors (Lipinski definition) is 7. The van der Waals surface area contributed by atoms with Gasteiger partial charge in [0.05, 0.1) is 23.9 Å². The molecule has 8 nitrogen and oxygen atoms in total. The first-order chi connectivity index (χ1) is 15.8. The maximum absolute atomic E-state index is 13.1. The van der Waals surface area contributed by atoms with Crippen LogP contribution >= 0.6 is 0 Å². The zero-order valence-corrected chi connectivity index (χ0v) is 19.5. The van der Waals surface area contributed by atoms with Crippen molar-refractivity contribution in [3.63, 3.8) is 0 Å². The molecule has 0 aliphatic carbocycles. The van der Waals surface area contributed by atoms with E-state index in [1.165, 1.54) is 4.90 Å². The first-order valence-corrected chi connectivity index (χ1v) is 11.2. The number of benzene rings is 1. The van der Waals surface area contributed by atoms with Crippen molar-refractivity contribution in [1.29, 1.82) is 0 Å². The molecule has 2 aromatic rings. The van der Waals surface area contributed by atoms with Crippen LogP contribution in [0.4, 0.5) is 5.69 Å². The van der Waals surface area contributed by atoms with E-state index in [1.807, 2.05) is 25.8 Å². The summed E-state index contributed by atoms with van der Waals surface area (Å²) < 4.78 is 17.1. The third kappa shape index (κ3) is 4.48. The Kier molecular flexibility index (Phi) is 6.47. The summed E-state index contributed by atoms with van der Waals surface area (Å²) in [5.41, 5.74) is 1.29. The van der Waals surface area contributed by atoms with Gasteiger partial charge in [0.1, 0.15) is 35.7 Å². The van der Waals surface area contributed by atoms with Crippen molar-refractivity contribution in [1.82, 2.24) is 4.90 Å². The first-order valence-electron chi connectivity index (χ1n) is 11.2. The summed E-state index contributed by atoms with van der Waals surface area (Å²) in [7, 11) is 1.94. The molecule has 1 fully saturated rings. The van der Waals surface area contributed by atoms with E-state index >= 15 is 0 Å². The average Bonchev–Trinajstić information content (AvgIpc) is 3.32. The number of ether oxygens (including phenoxy) is 2. The van der Waals surface area contributed by atoms with Crippen LogP contribution < -0.4 is 9.64 Å². The smallest absolute Gasteiger partial charge is 0.295 e. The van der Waals surface area contributed by atoms with Crippen LogP contribution in [-0.2, 0) is 14.3 Å². The number of anilines is 1. The number of amides is 1. The van der Waals surface area contributed by atoms with E-state index in [0.29, 0.717) is 55.6 Å². The Morgan fingerprint density at radius 3 is 2.73 bits per heavy atom. The maximum Gasteiger partial charge on any atom is 0.295 e. The number of rotatable bonds is 7. The molecule has 2 aliphatic heterocycles. The zero-order valence-electron chi connectivity index (χ0n) is 19.5. The number of likely N-dealkylation sites (N-methyl/N-ethyl adjacent to an activating group) is 1. The topological polar surface area (TPSA) is 92.5 Å². The molecule has 1 aromatic heterocycles. The van der Waals surface area contributed by atoms with Gasteiger partial charge in [0.2, 0.25) is 0 Å². The number of furan rings is 1. The summed E-state index contributed by atoms with van der Waals surface area (Å²) in [6.45, 7) is 7.74. The van der Waals surface area contributed by atoms with Crippen molar-refractivity contribution < 1.29 is 28.6 Å². The molecule has 0 bridgehead atoms. The maximum atomic E-state index is 13.1. The molecule has 176 valence electrons. The Hall–Kier alpha value is -3.26. The van der Waals surface area contributed by atoms with E-state index in [2.05, 4.69) is 0 Å². The normalized spacial score (nSPS) is 19.8. The summed E-state index contributed by atoms with van der Waals surface area (Å²) >= 11 is 0. The van der Waals surface area contributed by atoms with Crippen molar-refractivity contribution >= 4 is 23.1 Å². The fraction of sp³-hybridized carbons (Fsp3) is 0.440. The van der Waals surface area contributed by atoms with Crippen molar-refractivity contribution in [2.24, 2.45) is 0 Å². The number of fused-ring (bicyclic) bond motifs is 1. The number of nitrogens with zero attached hydrogens (tertiary/aromatic N) is 2. The highest BCUT2D eigenvalue weighted by atomic mass is 16.5. The van der Waals surface area contributed by atoms with Crippen molar-refractivity contribution in [3.05, 3.63) is 53.0 Å². The highest BCUT2D eigenvalue weighted by Gasteiger charge is 2.47. The molecule has 3 heterocycles. The number of likely N-dealkylation sites (tertiary alicyclic amines) is 1. The quantitative estimate of drug-likeness (QED) is 0.295. The number of ketones is 1. The number of aryl methyl sites for hydroxylation is 1. The van der Waals surface area contributed by atoms with Crippen molar-refractivity contribution in [2.45, 2.75) is 39.3 Å². The number of hydrogen-bond donors (Lipinski definition) is 1. The van der Waals surface area contributed by atoms with Crippen LogP contribution in [0.2, 0.25) is 0 Å². The number of carbonyl (C=O) groups is 2. The lowest BCUT2D eigenvalue weighted by molar-refractivity contribution is -0.140. The lowest BCUT2D eigenvalue weighted by atomic mass is 9.98. The van der Waals surface area contributed by atoms with Crippen molar-refractivity contribution in [2.75, 3.05) is 38.3 Å². The summed E-state index contributed by atoms with van der Waals surface area (Å²) in [5, 5.41) is 11.3. The highest BCUT2D eigenvalue weighted by Crippen LogP contribution is 2.41. The minimum absolute atomic E-state index is 0.0264. The second-order valence-corrected chi connectivity index (χ2v) is 8.67. The lowest BCUT2D eigenvalue weighted by Crippen LogP contribution is -2.31. The number of aliphatic hydroxyl groups excluding tert-OH is 1. The van der Waals surface area contributed by atoms with E-state index in [0.717, 1.165) is 5.69 Å². The second-order valence-electron chi connectivity index (χ2n) is 8.67. The summed E-state index contributed by atoms with van der Waals surface area (Å²) in [6.07, 6.45) is 0.637. The Labute approximate surface area is 193 Å². The van der Waals surface area contributed by atoms with E-state index in [1.54, 1.807) is 37.3 Å². The van der Waals surface area contributed by atoms with Crippen molar-refractivity contribution in [3.8, 4) is 5.75 Å². The van der Waals surface area contributed by atoms with Gasteiger partial charge in [-0.3, -0.25) is 9.59 Å². The van der Waals surface area contributed by atoms with Crippen LogP contribution in [0.1, 0.15) is 43.4 Å². The van der Waals surface area contributed by atoms with Gasteiger partial charge in [0, 0.05) is 25.8 Å². The minimum Gasteiger partial charge on any atom is -0.507 e. The molecule has 1 saturated heterocycles. The third-order valence-electron chi connectivity index (χ3n) is 5.89. The van der Waals surface area contributed by atoms with Gasteiger partial charge in [-0.1, -0.05) is 0 Å². The second kappa shape index (κ2) is 9.31. The van der Waals surface area contributed by atoms with Gasteiger partial charge in [-0.05, 0) is 57.5 Å². The van der Waals surface area contributed by atoms with E-state index in [-0.39, 0.29) is 17.4 Å². The molecule has 0 spiro atoms. The van der Waals surface area contributed by atoms with Crippen LogP contribution in [0.15, 0.2) is 40.3 Å². The van der Waals surface area contributed by atoms with Crippen LogP contribution in [0.25, 0.3) is 5.76 Å². The molecule has 1 aromatic carbocycles. The molecule has 1 amide bonds. The Morgan fingerprint density at radius 2 is 2.03 bits per heavy atom. The lowest BCUT2D eigenvalue weighted by Gasteiger charge is -2.28. The van der Waals surface area contributed by atoms with E-state index in [4.69, 9.17) is 13.9 Å². The largest absolute Gasteiger partial charge is 0.507 e. The molecule has 4 rings (SSSR count). The van der Waals surface area contributed by atoms with Gasteiger partial charge in [0.25, 0.3) is 11.7 Å². The molecular formula is C25H30N2O6. The number of aliphatic hydroxyl groups is 1. The molecule has 0 saturated carbocycles. The van der Waals surface area contributed by atoms with Gasteiger partial charge in [-0.2, -0.15) is 0 Å². The SMILES string of the molecule is Cc1ccc(C2/C(=C(/O)c3ccc4c(c3)N(C)CCO4)C(=O)C(=O)N2CCCOC(C)C)o1. The summed E-state index contributed by atoms with van der Waals surface area (Å²) in [4.78, 5) is 29.6. The predicted octanol–water partition coefficient (Wildman–Crippen LogP) is 3.65. The van der Waals surface area contributed by atoms with Gasteiger partial charge in [-0.25, -0.2) is 0 Å². The minimum atomic E-state index is -0.803. The molecule has 8 heteroatoms. The average molecular weight is 455 g/mol. The van der Waals surface area contributed by atoms with Gasteiger partial charge in [-0.15, -0.1) is 0 Å². The number of Topliss-reactive ketones (excluding diaryl/α,β-unsaturated/α-hetero) is 1. The first kappa shape index (κ1) is 22.9. The molecule has 1 unspecified atom stereocenters. The molecule has 1 N–H and O–H groups in total. The third-order valence-corrected chi connectivity index (χ3v) is 5.89. The molecule has 1 atom stereocenters. The molecule has 0 radical (unpaired) electrons. The fourth-order valence-electron chi connectivity index (χ4n) is 4.21. The summed E-state index contributed by atoms with van der Waals surface area (Å²) in [5.74, 6) is 0.208. The molecule has 2 aliphatic rings. The van der Waals surface area contributed by atoms with Crippen LogP contribution in [0.5, 0.6) is 5.75 Å². The van der Waals surface area contributed by atoms with Crippen LogP contribution in [-0.4, -0.2) is 61.2 Å². The van der Waals surface area contributed by atoms with E-state index < -0.39 is 17.7 Å². The van der Waals surface area contributed by atoms with Gasteiger partial charge >= 0.3 is 0 Å². The predicted molar refractivity (Wildman–Crippen MR) is 123 cm³/mol. The fourth-order valence-corrected chi connectivity index (χ4v) is 4.21. The monoisotopic (exact) mass is 454 g/mol. The zero-order chi connectivity index (χ0) is 23.7.